The number of benzene rings is 1. The third-order valence-corrected chi connectivity index (χ3v) is 8.04. The van der Waals surface area contributed by atoms with Gasteiger partial charge in [0.15, 0.2) is 0 Å². The Morgan fingerprint density at radius 2 is 1.36 bits per heavy atom. The van der Waals surface area contributed by atoms with E-state index >= 15 is 0 Å². The van der Waals surface area contributed by atoms with E-state index in [4.69, 9.17) is 0 Å². The third-order valence-electron chi connectivity index (χ3n) is 8.04. The Hall–Kier alpha value is -1.38. The molecule has 0 N–H and O–H groups in total. The van der Waals surface area contributed by atoms with Crippen LogP contribution < -0.4 is 4.74 Å². The van der Waals surface area contributed by atoms with Crippen LogP contribution in [0.2, 0.25) is 0 Å². The van der Waals surface area contributed by atoms with E-state index in [2.05, 4.69) is 17.4 Å². The molecular weight excluding hydrogens is 354 g/mol. The number of fused-ring (bicyclic) bond motifs is 1. The van der Waals surface area contributed by atoms with Gasteiger partial charge in [0.2, 0.25) is 0 Å². The highest BCUT2D eigenvalue weighted by Gasteiger charge is 2.38. The fourth-order valence-electron chi connectivity index (χ4n) is 6.45. The van der Waals surface area contributed by atoms with E-state index in [0.29, 0.717) is 5.92 Å². The Bertz CT molecular complexity index is 632. The zero-order valence-corrected chi connectivity index (χ0v) is 16.9. The van der Waals surface area contributed by atoms with Crippen LogP contribution in [0, 0.1) is 29.6 Å². The van der Waals surface area contributed by atoms with Crippen LogP contribution in [0.4, 0.5) is 8.78 Å². The standard InChI is InChI=1S/C25H34F2O/c1-2-17-3-4-23-16-22(10-9-21(23)15-17)20-7-5-18(6-8-20)19-11-13-24(14-12-19)28-25(26)27/h2,11-14,17-18,20-23,25H,1,3-10,15-16H2. The van der Waals surface area contributed by atoms with E-state index in [1.807, 2.05) is 12.1 Å². The number of rotatable bonds is 5. The second-order valence-electron chi connectivity index (χ2n) is 9.46. The molecule has 3 heteroatoms. The molecule has 0 heterocycles. The van der Waals surface area contributed by atoms with Crippen molar-refractivity contribution < 1.29 is 13.5 Å². The molecule has 3 aliphatic rings. The first kappa shape index (κ1) is 19.9. The molecule has 4 atom stereocenters. The Labute approximate surface area is 168 Å². The van der Waals surface area contributed by atoms with Gasteiger partial charge in [-0.3, -0.25) is 0 Å². The lowest BCUT2D eigenvalue weighted by Crippen LogP contribution is -2.34. The van der Waals surface area contributed by atoms with Crippen LogP contribution in [0.5, 0.6) is 5.75 Å². The summed E-state index contributed by atoms with van der Waals surface area (Å²) in [6, 6.07) is 7.33. The zero-order chi connectivity index (χ0) is 19.5. The van der Waals surface area contributed by atoms with Crippen molar-refractivity contribution in [1.29, 1.82) is 0 Å². The highest BCUT2D eigenvalue weighted by Crippen LogP contribution is 2.50. The van der Waals surface area contributed by atoms with Crippen LogP contribution in [-0.4, -0.2) is 6.61 Å². The minimum atomic E-state index is -2.75. The summed E-state index contributed by atoms with van der Waals surface area (Å²) in [6.45, 7) is 1.27. The molecule has 4 unspecified atom stereocenters. The molecular formula is C25H34F2O. The lowest BCUT2D eigenvalue weighted by molar-refractivity contribution is -0.0498. The maximum absolute atomic E-state index is 12.3. The van der Waals surface area contributed by atoms with Gasteiger partial charge in [0.05, 0.1) is 0 Å². The maximum Gasteiger partial charge on any atom is 0.387 e. The molecule has 0 amide bonds. The molecule has 1 aromatic rings. The van der Waals surface area contributed by atoms with Crippen LogP contribution in [-0.2, 0) is 0 Å². The Kier molecular flexibility index (Phi) is 6.38. The highest BCUT2D eigenvalue weighted by molar-refractivity contribution is 5.29. The van der Waals surface area contributed by atoms with Crippen LogP contribution >= 0.6 is 0 Å². The van der Waals surface area contributed by atoms with Crippen LogP contribution in [0.25, 0.3) is 0 Å². The Morgan fingerprint density at radius 1 is 0.786 bits per heavy atom. The lowest BCUT2D eigenvalue weighted by atomic mass is 9.61. The Balaban J connectivity index is 1.27. The van der Waals surface area contributed by atoms with Crippen molar-refractivity contribution in [3.8, 4) is 5.75 Å². The number of hydrogen-bond acceptors (Lipinski definition) is 1. The molecule has 0 saturated heterocycles. The topological polar surface area (TPSA) is 9.23 Å². The van der Waals surface area contributed by atoms with Gasteiger partial charge in [0.25, 0.3) is 0 Å². The molecule has 154 valence electrons. The monoisotopic (exact) mass is 388 g/mol. The minimum absolute atomic E-state index is 0.260. The molecule has 1 aromatic carbocycles. The number of ether oxygens (including phenoxy) is 1. The van der Waals surface area contributed by atoms with Crippen LogP contribution in [0.15, 0.2) is 36.9 Å². The van der Waals surface area contributed by atoms with Gasteiger partial charge in [-0.15, -0.1) is 6.58 Å². The molecule has 3 saturated carbocycles. The minimum Gasteiger partial charge on any atom is -0.435 e. The zero-order valence-electron chi connectivity index (χ0n) is 16.9. The van der Waals surface area contributed by atoms with Gasteiger partial charge in [0, 0.05) is 0 Å². The lowest BCUT2D eigenvalue weighted by Gasteiger charge is -2.45. The SMILES string of the molecule is C=CC1CCC2CC(C3CCC(c4ccc(OC(F)F)cc4)CC3)CCC2C1. The van der Waals surface area contributed by atoms with Crippen molar-refractivity contribution in [3.63, 3.8) is 0 Å². The first-order valence-electron chi connectivity index (χ1n) is 11.3. The van der Waals surface area contributed by atoms with Gasteiger partial charge in [0.1, 0.15) is 5.75 Å². The van der Waals surface area contributed by atoms with E-state index in [9.17, 15) is 8.78 Å². The summed E-state index contributed by atoms with van der Waals surface area (Å²) in [5.41, 5.74) is 1.28. The fraction of sp³-hybridized carbons (Fsp3) is 0.680. The summed E-state index contributed by atoms with van der Waals surface area (Å²) in [5.74, 6) is 5.37. The van der Waals surface area contributed by atoms with Gasteiger partial charge in [-0.25, -0.2) is 0 Å². The number of hydrogen-bond donors (Lipinski definition) is 0. The quantitative estimate of drug-likeness (QED) is 0.472. The predicted octanol–water partition coefficient (Wildman–Crippen LogP) is 7.58. The average Bonchev–Trinajstić information content (AvgIpc) is 2.73. The number of allylic oxidation sites excluding steroid dienone is 1. The number of halogens is 2. The summed E-state index contributed by atoms with van der Waals surface area (Å²) >= 11 is 0. The highest BCUT2D eigenvalue weighted by atomic mass is 19.3. The summed E-state index contributed by atoms with van der Waals surface area (Å²) in [4.78, 5) is 0. The van der Waals surface area contributed by atoms with Gasteiger partial charge in [-0.1, -0.05) is 18.2 Å². The molecule has 0 aromatic heterocycles. The molecule has 3 aliphatic carbocycles. The molecule has 0 aliphatic heterocycles. The van der Waals surface area contributed by atoms with Gasteiger partial charge >= 0.3 is 6.61 Å². The average molecular weight is 389 g/mol. The normalized spacial score (nSPS) is 36.0. The van der Waals surface area contributed by atoms with E-state index < -0.39 is 6.61 Å². The fourth-order valence-corrected chi connectivity index (χ4v) is 6.45. The van der Waals surface area contributed by atoms with E-state index in [-0.39, 0.29) is 5.75 Å². The number of alkyl halides is 2. The first-order chi connectivity index (χ1) is 13.6. The summed E-state index contributed by atoms with van der Waals surface area (Å²) in [7, 11) is 0. The molecule has 0 radical (unpaired) electrons. The van der Waals surface area contributed by atoms with Crippen molar-refractivity contribution in [2.24, 2.45) is 29.6 Å². The van der Waals surface area contributed by atoms with E-state index in [1.165, 1.54) is 69.8 Å². The maximum atomic E-state index is 12.3. The van der Waals surface area contributed by atoms with Gasteiger partial charge in [-0.05, 0) is 117 Å². The molecule has 0 spiro atoms. The van der Waals surface area contributed by atoms with Crippen molar-refractivity contribution >= 4 is 0 Å². The molecule has 28 heavy (non-hydrogen) atoms. The Morgan fingerprint density at radius 3 is 2.00 bits per heavy atom. The third kappa shape index (κ3) is 4.60. The van der Waals surface area contributed by atoms with Gasteiger partial charge in [-0.2, -0.15) is 8.78 Å². The van der Waals surface area contributed by atoms with Crippen molar-refractivity contribution in [1.82, 2.24) is 0 Å². The second kappa shape index (κ2) is 8.97. The molecule has 4 rings (SSSR count). The molecule has 1 nitrogen and oxygen atoms in total. The van der Waals surface area contributed by atoms with Crippen LogP contribution in [0.3, 0.4) is 0 Å². The summed E-state index contributed by atoms with van der Waals surface area (Å²) in [5, 5.41) is 0. The smallest absolute Gasteiger partial charge is 0.387 e. The molecule has 3 fully saturated rings. The van der Waals surface area contributed by atoms with E-state index in [0.717, 1.165) is 29.6 Å². The van der Waals surface area contributed by atoms with Crippen LogP contribution in [0.1, 0.15) is 75.7 Å². The van der Waals surface area contributed by atoms with Crippen molar-refractivity contribution in [2.45, 2.75) is 76.7 Å². The summed E-state index contributed by atoms with van der Waals surface area (Å²) < 4.78 is 29.1. The first-order valence-corrected chi connectivity index (χ1v) is 11.3. The van der Waals surface area contributed by atoms with Crippen molar-refractivity contribution in [2.75, 3.05) is 0 Å². The van der Waals surface area contributed by atoms with E-state index in [1.54, 1.807) is 12.1 Å². The summed E-state index contributed by atoms with van der Waals surface area (Å²) in [6.07, 6.45) is 15.8. The largest absolute Gasteiger partial charge is 0.435 e. The van der Waals surface area contributed by atoms with Crippen molar-refractivity contribution in [3.05, 3.63) is 42.5 Å². The van der Waals surface area contributed by atoms with Gasteiger partial charge < -0.3 is 4.74 Å². The second-order valence-corrected chi connectivity index (χ2v) is 9.46. The predicted molar refractivity (Wildman–Crippen MR) is 110 cm³/mol. The molecule has 0 bridgehead atoms.